The topological polar surface area (TPSA) is 93.2 Å². The number of benzene rings is 3. The van der Waals surface area contributed by atoms with Crippen LogP contribution in [0.4, 0.5) is 4.79 Å². The first-order chi connectivity index (χ1) is 18.5. The second-order valence-electron chi connectivity index (χ2n) is 10.3. The molecule has 4 aliphatic rings. The van der Waals surface area contributed by atoms with Gasteiger partial charge in [-0.15, -0.1) is 0 Å². The highest BCUT2D eigenvalue weighted by Crippen LogP contribution is 2.49. The van der Waals surface area contributed by atoms with Crippen LogP contribution in [0.5, 0.6) is 0 Å². The van der Waals surface area contributed by atoms with E-state index in [9.17, 15) is 19.2 Å². The Hall–Kier alpha value is -4.46. The van der Waals surface area contributed by atoms with Crippen molar-refractivity contribution in [2.45, 2.75) is 43.2 Å². The van der Waals surface area contributed by atoms with Crippen LogP contribution < -0.4 is 0 Å². The Balaban J connectivity index is 1.10. The number of hydrogen-bond donors (Lipinski definition) is 0. The van der Waals surface area contributed by atoms with Gasteiger partial charge in [0.2, 0.25) is 0 Å². The normalized spacial score (nSPS) is 22.9. The van der Waals surface area contributed by atoms with Gasteiger partial charge < -0.3 is 9.57 Å². The van der Waals surface area contributed by atoms with Gasteiger partial charge in [-0.2, -0.15) is 0 Å². The number of fused-ring (bicyclic) bond motifs is 6. The van der Waals surface area contributed by atoms with Gasteiger partial charge in [-0.05, 0) is 60.1 Å². The van der Waals surface area contributed by atoms with Gasteiger partial charge in [0.25, 0.3) is 11.8 Å². The smallest absolute Gasteiger partial charge is 0.411 e. The average Bonchev–Trinajstić information content (AvgIpc) is 3.67. The van der Waals surface area contributed by atoms with E-state index < -0.39 is 29.4 Å². The number of nitrogens with zero attached hydrogens (tertiary/aromatic N) is 2. The van der Waals surface area contributed by atoms with Gasteiger partial charge in [-0.3, -0.25) is 14.5 Å². The molecule has 0 unspecified atom stereocenters. The summed E-state index contributed by atoms with van der Waals surface area (Å²) in [6.07, 6.45) is 1.46. The van der Waals surface area contributed by atoms with Gasteiger partial charge >= 0.3 is 12.1 Å². The summed E-state index contributed by atoms with van der Waals surface area (Å²) in [5.41, 5.74) is 3.58. The van der Waals surface area contributed by atoms with Crippen molar-refractivity contribution in [3.05, 3.63) is 95.1 Å². The summed E-state index contributed by atoms with van der Waals surface area (Å²) in [5, 5.41) is 0.517. The van der Waals surface area contributed by atoms with E-state index in [4.69, 9.17) is 9.57 Å². The van der Waals surface area contributed by atoms with Gasteiger partial charge in [0, 0.05) is 12.0 Å². The number of hydrogen-bond acceptors (Lipinski definition) is 6. The number of ether oxygens (including phenoxy) is 1. The van der Waals surface area contributed by atoms with E-state index in [0.29, 0.717) is 30.7 Å². The molecule has 2 fully saturated rings. The van der Waals surface area contributed by atoms with Crippen LogP contribution in [0.3, 0.4) is 0 Å². The summed E-state index contributed by atoms with van der Waals surface area (Å²) in [6, 6.07) is 22.4. The Kier molecular flexibility index (Phi) is 4.95. The Morgan fingerprint density at radius 1 is 0.763 bits per heavy atom. The Bertz CT molecular complexity index is 1440. The number of amides is 3. The number of carbonyl (C=O) groups is 4. The van der Waals surface area contributed by atoms with Crippen LogP contribution in [0, 0.1) is 0 Å². The van der Waals surface area contributed by atoms with Crippen molar-refractivity contribution in [1.82, 2.24) is 9.96 Å². The molecule has 3 aromatic carbocycles. The molecule has 8 nitrogen and oxygen atoms in total. The lowest BCUT2D eigenvalue weighted by atomic mass is 9.88. The Labute approximate surface area is 218 Å². The van der Waals surface area contributed by atoms with Gasteiger partial charge in [-0.1, -0.05) is 65.7 Å². The first-order valence-corrected chi connectivity index (χ1v) is 12.8. The van der Waals surface area contributed by atoms with Crippen molar-refractivity contribution < 1.29 is 28.8 Å². The van der Waals surface area contributed by atoms with Crippen molar-refractivity contribution >= 4 is 23.9 Å². The lowest BCUT2D eigenvalue weighted by Gasteiger charge is -2.32. The van der Waals surface area contributed by atoms with Crippen LogP contribution in [0.2, 0.25) is 0 Å². The molecule has 190 valence electrons. The fourth-order valence-electron chi connectivity index (χ4n) is 6.64. The van der Waals surface area contributed by atoms with Gasteiger partial charge in [0.15, 0.2) is 0 Å². The van der Waals surface area contributed by atoms with Gasteiger partial charge in [0.1, 0.15) is 12.1 Å². The van der Waals surface area contributed by atoms with E-state index >= 15 is 0 Å². The van der Waals surface area contributed by atoms with Crippen molar-refractivity contribution in [2.24, 2.45) is 0 Å². The van der Waals surface area contributed by atoms with Crippen LogP contribution in [0.1, 0.15) is 63.4 Å². The second-order valence-corrected chi connectivity index (χ2v) is 10.3. The molecule has 3 aromatic rings. The third kappa shape index (κ3) is 3.09. The number of rotatable bonds is 4. The first kappa shape index (κ1) is 22.7. The molecule has 0 N–H and O–H groups in total. The molecule has 0 atom stereocenters. The molecule has 3 aliphatic heterocycles. The molecular weight excluding hydrogens is 484 g/mol. The number of hydroxylamine groups is 2. The summed E-state index contributed by atoms with van der Waals surface area (Å²) >= 11 is 0. The van der Waals surface area contributed by atoms with Gasteiger partial charge in [0.05, 0.1) is 11.1 Å². The van der Waals surface area contributed by atoms with Crippen LogP contribution in [0.15, 0.2) is 72.8 Å². The maximum atomic E-state index is 13.5. The van der Waals surface area contributed by atoms with Crippen molar-refractivity contribution in [2.75, 3.05) is 6.61 Å². The third-order valence-corrected chi connectivity index (χ3v) is 8.45. The van der Waals surface area contributed by atoms with Crippen molar-refractivity contribution in [3.8, 4) is 11.1 Å². The summed E-state index contributed by atoms with van der Waals surface area (Å²) < 4.78 is 5.87. The summed E-state index contributed by atoms with van der Waals surface area (Å²) in [7, 11) is 0. The fourth-order valence-corrected chi connectivity index (χ4v) is 6.64. The summed E-state index contributed by atoms with van der Waals surface area (Å²) in [6.45, 7) is 0.139. The highest BCUT2D eigenvalue weighted by molar-refractivity contribution is 6.21. The van der Waals surface area contributed by atoms with Crippen LogP contribution >= 0.6 is 0 Å². The molecule has 0 saturated carbocycles. The van der Waals surface area contributed by atoms with Gasteiger partial charge in [-0.25, -0.2) is 9.59 Å². The molecule has 2 saturated heterocycles. The summed E-state index contributed by atoms with van der Waals surface area (Å²) in [4.78, 5) is 59.4. The van der Waals surface area contributed by atoms with E-state index in [1.54, 1.807) is 12.1 Å². The van der Waals surface area contributed by atoms with E-state index in [1.165, 1.54) is 17.0 Å². The highest BCUT2D eigenvalue weighted by atomic mass is 16.7. The highest BCUT2D eigenvalue weighted by Gasteiger charge is 2.61. The molecule has 3 heterocycles. The Morgan fingerprint density at radius 3 is 1.82 bits per heavy atom. The van der Waals surface area contributed by atoms with E-state index in [2.05, 4.69) is 12.1 Å². The molecule has 0 aromatic heterocycles. The lowest BCUT2D eigenvalue weighted by molar-refractivity contribution is -0.180. The molecule has 2 bridgehead atoms. The minimum Gasteiger partial charge on any atom is -0.448 e. The zero-order valence-corrected chi connectivity index (χ0v) is 20.5. The molecule has 7 rings (SSSR count). The first-order valence-electron chi connectivity index (χ1n) is 12.8. The summed E-state index contributed by atoms with van der Waals surface area (Å²) in [5.74, 6) is -2.25. The molecular formula is C30H24N2O6. The van der Waals surface area contributed by atoms with E-state index in [-0.39, 0.29) is 29.7 Å². The average molecular weight is 509 g/mol. The molecule has 1 aliphatic carbocycles. The quantitative estimate of drug-likeness (QED) is 0.475. The van der Waals surface area contributed by atoms with E-state index in [0.717, 1.165) is 22.3 Å². The predicted octanol–water partition coefficient (Wildman–Crippen LogP) is 4.69. The second kappa shape index (κ2) is 8.28. The molecule has 8 heteroatoms. The predicted molar refractivity (Wildman–Crippen MR) is 135 cm³/mol. The van der Waals surface area contributed by atoms with Crippen LogP contribution in [0.25, 0.3) is 11.1 Å². The van der Waals surface area contributed by atoms with Crippen molar-refractivity contribution in [1.29, 1.82) is 0 Å². The number of carbonyl (C=O) groups excluding carboxylic acids is 4. The SMILES string of the molecule is O=C1c2ccccc2C(=O)N1OC(=O)C12CCC(CC1)N2C(=O)OCC1c2ccccc2-c2ccccc21. The van der Waals surface area contributed by atoms with Crippen molar-refractivity contribution in [3.63, 3.8) is 0 Å². The van der Waals surface area contributed by atoms with Crippen LogP contribution in [-0.2, 0) is 14.4 Å². The lowest BCUT2D eigenvalue weighted by Crippen LogP contribution is -2.53. The Morgan fingerprint density at radius 2 is 1.26 bits per heavy atom. The maximum absolute atomic E-state index is 13.5. The number of imide groups is 1. The monoisotopic (exact) mass is 508 g/mol. The minimum atomic E-state index is -1.26. The standard InChI is InChI=1S/C30H24N2O6/c33-26-23-11-5-6-12-24(23)27(34)32(26)38-28(35)30-15-13-18(14-16-30)31(30)29(36)37-17-25-21-9-3-1-7-19(21)20-8-2-4-10-22(20)25/h1-12,18,25H,13-17H2. The largest absolute Gasteiger partial charge is 0.448 e. The van der Waals surface area contributed by atoms with E-state index in [1.807, 2.05) is 36.4 Å². The molecule has 0 radical (unpaired) electrons. The molecule has 0 spiro atoms. The maximum Gasteiger partial charge on any atom is 0.411 e. The fraction of sp³-hybridized carbons (Fsp3) is 0.267. The molecule has 38 heavy (non-hydrogen) atoms. The zero-order chi connectivity index (χ0) is 26.0. The minimum absolute atomic E-state index is 0.104. The zero-order valence-electron chi connectivity index (χ0n) is 20.5. The molecule has 3 amide bonds. The third-order valence-electron chi connectivity index (χ3n) is 8.45. The van der Waals surface area contributed by atoms with Crippen LogP contribution in [-0.4, -0.2) is 52.0 Å².